The number of nitrogens with zero attached hydrogens (tertiary/aromatic N) is 4. The van der Waals surface area contributed by atoms with Crippen molar-refractivity contribution in [2.45, 2.75) is 64.1 Å². The maximum Gasteiger partial charge on any atom is 0.220 e. The van der Waals surface area contributed by atoms with E-state index in [0.29, 0.717) is 12.7 Å². The van der Waals surface area contributed by atoms with Gasteiger partial charge in [-0.1, -0.05) is 25.3 Å². The van der Waals surface area contributed by atoms with Crippen LogP contribution in [0.4, 0.5) is 0 Å². The van der Waals surface area contributed by atoms with Crippen molar-refractivity contribution < 1.29 is 4.79 Å². The summed E-state index contributed by atoms with van der Waals surface area (Å²) in [6.07, 6.45) is 8.76. The lowest BCUT2D eigenvalue weighted by atomic mass is 9.95. The summed E-state index contributed by atoms with van der Waals surface area (Å²) in [5.41, 5.74) is 5.47. The lowest BCUT2D eigenvalue weighted by Gasteiger charge is -2.30. The van der Waals surface area contributed by atoms with Gasteiger partial charge in [-0.25, -0.2) is 4.68 Å². The Morgan fingerprint density at radius 1 is 1.21 bits per heavy atom. The van der Waals surface area contributed by atoms with E-state index in [1.807, 2.05) is 4.68 Å². The van der Waals surface area contributed by atoms with Gasteiger partial charge in [-0.15, -0.1) is 11.3 Å². The Labute approximate surface area is 175 Å². The van der Waals surface area contributed by atoms with E-state index >= 15 is 0 Å². The van der Waals surface area contributed by atoms with E-state index in [9.17, 15) is 4.79 Å². The predicted octanol–water partition coefficient (Wildman–Crippen LogP) is 3.73. The topological polar surface area (TPSA) is 69.1 Å². The number of likely N-dealkylation sites (tertiary alicyclic amines) is 1. The van der Waals surface area contributed by atoms with Crippen LogP contribution in [0.15, 0.2) is 17.5 Å². The number of primary amides is 1. The van der Waals surface area contributed by atoms with Crippen LogP contribution in [0.1, 0.15) is 61.7 Å². The highest BCUT2D eigenvalue weighted by Gasteiger charge is 2.25. The van der Waals surface area contributed by atoms with Crippen LogP contribution in [0.2, 0.25) is 0 Å². The molecule has 1 amide bonds. The summed E-state index contributed by atoms with van der Waals surface area (Å²) in [4.78, 5) is 15.1. The molecule has 28 heavy (non-hydrogen) atoms. The molecular formula is C20H29N5OS2. The number of aromatic nitrogens is 3. The Kier molecular flexibility index (Phi) is 6.28. The molecule has 1 saturated carbocycles. The third-order valence-electron chi connectivity index (χ3n) is 6.12. The van der Waals surface area contributed by atoms with Gasteiger partial charge in [-0.2, -0.15) is 5.10 Å². The van der Waals surface area contributed by atoms with Gasteiger partial charge in [0.2, 0.25) is 5.91 Å². The Morgan fingerprint density at radius 2 is 1.96 bits per heavy atom. The van der Waals surface area contributed by atoms with Gasteiger partial charge in [-0.05, 0) is 49.3 Å². The molecule has 0 bridgehead atoms. The zero-order valence-corrected chi connectivity index (χ0v) is 17.9. The molecule has 2 fully saturated rings. The smallest absolute Gasteiger partial charge is 0.220 e. The highest BCUT2D eigenvalue weighted by atomic mass is 32.1. The monoisotopic (exact) mass is 419 g/mol. The largest absolute Gasteiger partial charge is 0.369 e. The van der Waals surface area contributed by atoms with Crippen LogP contribution in [0.3, 0.4) is 0 Å². The van der Waals surface area contributed by atoms with Gasteiger partial charge >= 0.3 is 0 Å². The van der Waals surface area contributed by atoms with Crippen LogP contribution >= 0.6 is 23.6 Å². The molecule has 2 aromatic heterocycles. The molecule has 4 rings (SSSR count). The van der Waals surface area contributed by atoms with Crippen LogP contribution in [0.5, 0.6) is 0 Å². The second kappa shape index (κ2) is 8.88. The molecule has 1 aliphatic carbocycles. The fraction of sp³-hybridized carbons (Fsp3) is 0.650. The minimum atomic E-state index is -0.170. The molecule has 6 nitrogen and oxygen atoms in total. The lowest BCUT2D eigenvalue weighted by Crippen LogP contribution is -2.39. The van der Waals surface area contributed by atoms with Crippen molar-refractivity contribution in [2.24, 2.45) is 11.7 Å². The molecule has 1 aliphatic heterocycles. The molecule has 0 unspecified atom stereocenters. The van der Waals surface area contributed by atoms with E-state index in [0.717, 1.165) is 42.9 Å². The maximum atomic E-state index is 11.4. The Hall–Kier alpha value is -1.51. The van der Waals surface area contributed by atoms with Crippen molar-refractivity contribution in [3.63, 3.8) is 0 Å². The van der Waals surface area contributed by atoms with E-state index in [4.69, 9.17) is 23.1 Å². The molecule has 2 aliphatic rings. The molecule has 0 atom stereocenters. The van der Waals surface area contributed by atoms with Crippen molar-refractivity contribution in [2.75, 3.05) is 13.1 Å². The van der Waals surface area contributed by atoms with Gasteiger partial charge in [0.05, 0.1) is 6.67 Å². The third-order valence-corrected chi connectivity index (χ3v) is 7.40. The van der Waals surface area contributed by atoms with Crippen LogP contribution in [0, 0.1) is 10.7 Å². The summed E-state index contributed by atoms with van der Waals surface area (Å²) in [5, 5.41) is 7.08. The van der Waals surface area contributed by atoms with E-state index in [1.54, 1.807) is 11.3 Å². The van der Waals surface area contributed by atoms with Gasteiger partial charge < -0.3 is 10.3 Å². The van der Waals surface area contributed by atoms with Crippen molar-refractivity contribution >= 4 is 29.5 Å². The first-order valence-electron chi connectivity index (χ1n) is 10.3. The molecule has 152 valence electrons. The summed E-state index contributed by atoms with van der Waals surface area (Å²) in [7, 11) is 0. The van der Waals surface area contributed by atoms with Crippen LogP contribution in [0.25, 0.3) is 0 Å². The van der Waals surface area contributed by atoms with Gasteiger partial charge in [0.25, 0.3) is 0 Å². The van der Waals surface area contributed by atoms with Gasteiger partial charge in [0.1, 0.15) is 5.82 Å². The Balaban J connectivity index is 1.54. The third kappa shape index (κ3) is 4.39. The minimum absolute atomic E-state index is 0.0124. The highest BCUT2D eigenvalue weighted by Crippen LogP contribution is 2.30. The first-order chi connectivity index (χ1) is 13.6. The standard InChI is InChI=1S/C20H29N5OS2/c21-19(26)15-8-10-23(11-9-15)14-24-20(27)25(16-5-2-1-3-6-16)18(22-24)13-17-7-4-12-28-17/h4,7,12,15-16H,1-3,5-6,8-11,13-14H2,(H2,21,26). The zero-order valence-electron chi connectivity index (χ0n) is 16.3. The molecular weight excluding hydrogens is 390 g/mol. The number of carbonyl (C=O) groups is 1. The van der Waals surface area contributed by atoms with Crippen molar-refractivity contribution in [1.29, 1.82) is 0 Å². The number of amides is 1. The van der Waals surface area contributed by atoms with Gasteiger partial charge in [-0.3, -0.25) is 9.69 Å². The summed E-state index contributed by atoms with van der Waals surface area (Å²) in [6.45, 7) is 2.43. The normalized spacial score (nSPS) is 19.9. The minimum Gasteiger partial charge on any atom is -0.369 e. The fourth-order valence-electron chi connectivity index (χ4n) is 4.50. The lowest BCUT2D eigenvalue weighted by molar-refractivity contribution is -0.123. The number of thiophene rings is 1. The summed E-state index contributed by atoms with van der Waals surface area (Å²) in [6, 6.07) is 4.75. The average molecular weight is 420 g/mol. The second-order valence-electron chi connectivity index (χ2n) is 8.05. The van der Waals surface area contributed by atoms with Crippen molar-refractivity contribution in [1.82, 2.24) is 19.2 Å². The number of hydrogen-bond acceptors (Lipinski definition) is 5. The van der Waals surface area contributed by atoms with E-state index in [-0.39, 0.29) is 11.8 Å². The van der Waals surface area contributed by atoms with Crippen molar-refractivity contribution in [3.8, 4) is 0 Å². The predicted molar refractivity (Wildman–Crippen MR) is 114 cm³/mol. The quantitative estimate of drug-likeness (QED) is 0.725. The Bertz CT molecular complexity index is 843. The van der Waals surface area contributed by atoms with Gasteiger partial charge in [0, 0.05) is 36.3 Å². The molecule has 0 aromatic carbocycles. The van der Waals surface area contributed by atoms with Crippen LogP contribution < -0.4 is 5.73 Å². The van der Waals surface area contributed by atoms with Gasteiger partial charge in [0.15, 0.2) is 4.77 Å². The average Bonchev–Trinajstić information content (AvgIpc) is 3.31. The highest BCUT2D eigenvalue weighted by molar-refractivity contribution is 7.71. The maximum absolute atomic E-state index is 11.4. The summed E-state index contributed by atoms with van der Waals surface area (Å²) in [5.74, 6) is 0.931. The number of carbonyl (C=O) groups excluding carboxylic acids is 1. The number of rotatable bonds is 6. The van der Waals surface area contributed by atoms with Crippen molar-refractivity contribution in [3.05, 3.63) is 33.0 Å². The number of hydrogen-bond donors (Lipinski definition) is 1. The van der Waals surface area contributed by atoms with E-state index < -0.39 is 0 Å². The second-order valence-corrected chi connectivity index (χ2v) is 9.45. The Morgan fingerprint density at radius 3 is 2.61 bits per heavy atom. The summed E-state index contributed by atoms with van der Waals surface area (Å²) >= 11 is 7.66. The molecule has 2 N–H and O–H groups in total. The van der Waals surface area contributed by atoms with E-state index in [1.165, 1.54) is 37.0 Å². The van der Waals surface area contributed by atoms with E-state index in [2.05, 4.69) is 27.0 Å². The molecule has 0 radical (unpaired) electrons. The van der Waals surface area contributed by atoms with Crippen LogP contribution in [-0.4, -0.2) is 38.2 Å². The fourth-order valence-corrected chi connectivity index (χ4v) is 5.56. The number of piperidine rings is 1. The number of nitrogens with two attached hydrogens (primary N) is 1. The zero-order chi connectivity index (χ0) is 19.5. The molecule has 8 heteroatoms. The molecule has 1 saturated heterocycles. The molecule has 0 spiro atoms. The summed E-state index contributed by atoms with van der Waals surface area (Å²) < 4.78 is 5.18. The SMILES string of the molecule is NC(=O)C1CCN(Cn2nc(Cc3cccs3)n(C3CCCCC3)c2=S)CC1. The molecule has 3 heterocycles. The van der Waals surface area contributed by atoms with Crippen LogP contribution in [-0.2, 0) is 17.9 Å². The molecule has 2 aromatic rings. The first-order valence-corrected chi connectivity index (χ1v) is 11.6. The first kappa shape index (κ1) is 19.8.